The van der Waals surface area contributed by atoms with E-state index in [9.17, 15) is 14.7 Å². The number of carboxylic acids is 1. The minimum Gasteiger partial charge on any atom is -0.481 e. The lowest BCUT2D eigenvalue weighted by Crippen LogP contribution is -2.52. The summed E-state index contributed by atoms with van der Waals surface area (Å²) in [5.74, 6) is -2.97. The Morgan fingerprint density at radius 1 is 0.647 bits per heavy atom. The highest BCUT2D eigenvalue weighted by Crippen LogP contribution is 2.58. The SMILES string of the molecule is O=C(O)C1[C@H](c2ccccc2)C(C(=O)O[C@@H]2CCCC[C@H]2c2ccccc2)[C@H]1c1ccccc1. The Labute approximate surface area is 200 Å². The van der Waals surface area contributed by atoms with Crippen molar-refractivity contribution in [1.82, 2.24) is 0 Å². The summed E-state index contributed by atoms with van der Waals surface area (Å²) in [5, 5.41) is 10.2. The van der Waals surface area contributed by atoms with Crippen molar-refractivity contribution in [2.45, 2.75) is 49.5 Å². The molecule has 0 aliphatic heterocycles. The molecule has 5 rings (SSSR count). The molecule has 0 amide bonds. The zero-order valence-electron chi connectivity index (χ0n) is 19.1. The smallest absolute Gasteiger partial charge is 0.310 e. The van der Waals surface area contributed by atoms with Gasteiger partial charge >= 0.3 is 11.9 Å². The molecular weight excluding hydrogens is 424 g/mol. The summed E-state index contributed by atoms with van der Waals surface area (Å²) < 4.78 is 6.26. The minimum atomic E-state index is -0.869. The van der Waals surface area contributed by atoms with Crippen molar-refractivity contribution in [3.05, 3.63) is 108 Å². The molecule has 3 aromatic rings. The zero-order valence-corrected chi connectivity index (χ0v) is 19.1. The Kier molecular flexibility index (Phi) is 6.48. The van der Waals surface area contributed by atoms with Gasteiger partial charge in [-0.25, -0.2) is 0 Å². The van der Waals surface area contributed by atoms with E-state index in [0.717, 1.165) is 36.8 Å². The van der Waals surface area contributed by atoms with Gasteiger partial charge in [0.2, 0.25) is 0 Å². The van der Waals surface area contributed by atoms with Gasteiger partial charge < -0.3 is 9.84 Å². The van der Waals surface area contributed by atoms with Crippen LogP contribution in [0, 0.1) is 11.8 Å². The van der Waals surface area contributed by atoms with Crippen LogP contribution in [0.4, 0.5) is 0 Å². The summed E-state index contributed by atoms with van der Waals surface area (Å²) in [7, 11) is 0. The number of carbonyl (C=O) groups is 2. The summed E-state index contributed by atoms with van der Waals surface area (Å²) in [6, 6.07) is 29.4. The minimum absolute atomic E-state index is 0.180. The second-order valence-corrected chi connectivity index (χ2v) is 9.54. The number of aliphatic carboxylic acids is 1. The number of hydrogen-bond acceptors (Lipinski definition) is 3. The molecule has 2 aliphatic carbocycles. The average Bonchev–Trinajstić information content (AvgIpc) is 2.85. The Hall–Kier alpha value is -3.40. The summed E-state index contributed by atoms with van der Waals surface area (Å²) in [6.07, 6.45) is 3.81. The molecule has 0 aromatic heterocycles. The first-order valence-electron chi connectivity index (χ1n) is 12.2. The summed E-state index contributed by atoms with van der Waals surface area (Å²) in [5.41, 5.74) is 2.97. The van der Waals surface area contributed by atoms with Crippen LogP contribution in [-0.4, -0.2) is 23.1 Å². The Bertz CT molecular complexity index is 1060. The van der Waals surface area contributed by atoms with E-state index in [1.165, 1.54) is 5.56 Å². The molecule has 0 radical (unpaired) electrons. The van der Waals surface area contributed by atoms with Crippen LogP contribution in [0.2, 0.25) is 0 Å². The highest BCUT2D eigenvalue weighted by Gasteiger charge is 2.59. The van der Waals surface area contributed by atoms with Crippen LogP contribution in [0.15, 0.2) is 91.0 Å². The number of ether oxygens (including phenoxy) is 1. The van der Waals surface area contributed by atoms with E-state index < -0.39 is 29.6 Å². The lowest BCUT2D eigenvalue weighted by molar-refractivity contribution is -0.170. The maximum atomic E-state index is 13.8. The van der Waals surface area contributed by atoms with Gasteiger partial charge in [-0.3, -0.25) is 9.59 Å². The second-order valence-electron chi connectivity index (χ2n) is 9.54. The maximum absolute atomic E-state index is 13.8. The fourth-order valence-corrected chi connectivity index (χ4v) is 6.08. The Morgan fingerprint density at radius 3 is 1.62 bits per heavy atom. The van der Waals surface area contributed by atoms with Gasteiger partial charge in [-0.2, -0.15) is 0 Å². The van der Waals surface area contributed by atoms with E-state index in [2.05, 4.69) is 12.1 Å². The van der Waals surface area contributed by atoms with Crippen molar-refractivity contribution < 1.29 is 19.4 Å². The monoisotopic (exact) mass is 454 g/mol. The van der Waals surface area contributed by atoms with Crippen LogP contribution >= 0.6 is 0 Å². The third-order valence-electron chi connectivity index (χ3n) is 7.67. The highest BCUT2D eigenvalue weighted by atomic mass is 16.5. The fraction of sp³-hybridized carbons (Fsp3) is 0.333. The number of carbonyl (C=O) groups excluding carboxylic acids is 1. The molecule has 0 bridgehead atoms. The molecule has 0 heterocycles. The van der Waals surface area contributed by atoms with Crippen LogP contribution in [0.1, 0.15) is 60.1 Å². The summed E-state index contributed by atoms with van der Waals surface area (Å²) in [6.45, 7) is 0. The van der Waals surface area contributed by atoms with E-state index in [-0.39, 0.29) is 18.0 Å². The van der Waals surface area contributed by atoms with Crippen LogP contribution < -0.4 is 0 Å². The third kappa shape index (κ3) is 4.25. The molecule has 1 N–H and O–H groups in total. The molecular formula is C30H30O4. The van der Waals surface area contributed by atoms with Crippen LogP contribution in [0.25, 0.3) is 0 Å². The summed E-state index contributed by atoms with van der Waals surface area (Å²) in [4.78, 5) is 26.2. The first kappa shape index (κ1) is 22.4. The van der Waals surface area contributed by atoms with Gasteiger partial charge in [0.05, 0.1) is 11.8 Å². The Morgan fingerprint density at radius 2 is 1.12 bits per heavy atom. The van der Waals surface area contributed by atoms with Gasteiger partial charge in [0.25, 0.3) is 0 Å². The zero-order chi connectivity index (χ0) is 23.5. The average molecular weight is 455 g/mol. The van der Waals surface area contributed by atoms with Crippen LogP contribution in [-0.2, 0) is 14.3 Å². The van der Waals surface area contributed by atoms with Gasteiger partial charge in [-0.1, -0.05) is 97.4 Å². The van der Waals surface area contributed by atoms with Crippen molar-refractivity contribution in [3.8, 4) is 0 Å². The first-order valence-corrected chi connectivity index (χ1v) is 12.2. The molecule has 4 atom stereocenters. The molecule has 0 saturated heterocycles. The topological polar surface area (TPSA) is 63.6 Å². The van der Waals surface area contributed by atoms with Gasteiger partial charge in [-0.05, 0) is 36.0 Å². The van der Waals surface area contributed by atoms with E-state index in [1.54, 1.807) is 0 Å². The predicted octanol–water partition coefficient (Wildman–Crippen LogP) is 6.15. The maximum Gasteiger partial charge on any atom is 0.310 e. The van der Waals surface area contributed by atoms with Crippen molar-refractivity contribution in [1.29, 1.82) is 0 Å². The highest BCUT2D eigenvalue weighted by molar-refractivity contribution is 5.84. The van der Waals surface area contributed by atoms with Crippen molar-refractivity contribution in [3.63, 3.8) is 0 Å². The van der Waals surface area contributed by atoms with Gasteiger partial charge in [0.1, 0.15) is 6.10 Å². The van der Waals surface area contributed by atoms with Crippen LogP contribution in [0.3, 0.4) is 0 Å². The third-order valence-corrected chi connectivity index (χ3v) is 7.67. The largest absolute Gasteiger partial charge is 0.481 e. The molecule has 4 nitrogen and oxygen atoms in total. The fourth-order valence-electron chi connectivity index (χ4n) is 6.08. The molecule has 2 fully saturated rings. The normalized spacial score (nSPS) is 28.5. The van der Waals surface area contributed by atoms with E-state index in [0.29, 0.717) is 0 Å². The molecule has 0 unspecified atom stereocenters. The molecule has 34 heavy (non-hydrogen) atoms. The van der Waals surface area contributed by atoms with Crippen LogP contribution in [0.5, 0.6) is 0 Å². The lowest BCUT2D eigenvalue weighted by atomic mass is 9.52. The molecule has 4 heteroatoms. The lowest BCUT2D eigenvalue weighted by Gasteiger charge is -2.49. The summed E-state index contributed by atoms with van der Waals surface area (Å²) >= 11 is 0. The van der Waals surface area contributed by atoms with Gasteiger partial charge in [0.15, 0.2) is 0 Å². The number of benzene rings is 3. The molecule has 2 saturated carbocycles. The molecule has 3 aromatic carbocycles. The standard InChI is InChI=1S/C30H30O4/c31-29(32)27-25(21-14-6-2-7-15-21)28(26(27)22-16-8-3-9-17-22)30(33)34-24-19-11-10-18-23(24)20-12-4-1-5-13-20/h1-9,12-17,23-28H,10-11,18-19H2,(H,31,32)/t23-,24+,25-,26-,27?,28?/m0/s1. The second kappa shape index (κ2) is 9.84. The number of hydrogen-bond donors (Lipinski definition) is 1. The predicted molar refractivity (Wildman–Crippen MR) is 131 cm³/mol. The van der Waals surface area contributed by atoms with E-state index >= 15 is 0 Å². The van der Waals surface area contributed by atoms with Crippen molar-refractivity contribution in [2.75, 3.05) is 0 Å². The van der Waals surface area contributed by atoms with Gasteiger partial charge in [0, 0.05) is 17.8 Å². The van der Waals surface area contributed by atoms with E-state index in [1.807, 2.05) is 78.9 Å². The first-order chi connectivity index (χ1) is 16.6. The molecule has 0 spiro atoms. The molecule has 174 valence electrons. The number of rotatable bonds is 6. The van der Waals surface area contributed by atoms with Crippen molar-refractivity contribution in [2.24, 2.45) is 11.8 Å². The number of carboxylic acid groups (broad SMARTS) is 1. The number of esters is 1. The quantitative estimate of drug-likeness (QED) is 0.454. The van der Waals surface area contributed by atoms with Crippen molar-refractivity contribution >= 4 is 11.9 Å². The van der Waals surface area contributed by atoms with Gasteiger partial charge in [-0.15, -0.1) is 0 Å². The Balaban J connectivity index is 1.46. The molecule has 2 aliphatic rings. The van der Waals surface area contributed by atoms with E-state index in [4.69, 9.17) is 4.74 Å².